The molecule has 2 aliphatic heterocycles. The second-order valence-corrected chi connectivity index (χ2v) is 7.78. The molecule has 0 saturated carbocycles. The van der Waals surface area contributed by atoms with E-state index in [1.807, 2.05) is 38.1 Å². The van der Waals surface area contributed by atoms with Gasteiger partial charge in [0.15, 0.2) is 0 Å². The van der Waals surface area contributed by atoms with Crippen LogP contribution in [-0.2, 0) is 18.6 Å². The highest BCUT2D eigenvalue weighted by Crippen LogP contribution is 2.36. The molecule has 4 nitrogen and oxygen atoms in total. The number of hydrogen-bond acceptors (Lipinski definition) is 4. The van der Waals surface area contributed by atoms with E-state index in [-0.39, 0.29) is 31.0 Å². The van der Waals surface area contributed by atoms with E-state index >= 15 is 0 Å². The van der Waals surface area contributed by atoms with E-state index in [0.29, 0.717) is 6.61 Å². The largest absolute Gasteiger partial charge is 0.494 e. The summed E-state index contributed by atoms with van der Waals surface area (Å²) < 4.78 is 23.7. The van der Waals surface area contributed by atoms with Crippen molar-refractivity contribution in [3.05, 3.63) is 24.3 Å². The molecule has 0 amide bonds. The SMILES string of the molecule is CC1(C)COB(c2ccc(B3OC(C)(C)C(C)(C)O3)cc2)O1. The Morgan fingerprint density at radius 2 is 1.18 bits per heavy atom. The van der Waals surface area contributed by atoms with Crippen LogP contribution in [-0.4, -0.2) is 37.6 Å². The van der Waals surface area contributed by atoms with Gasteiger partial charge in [-0.2, -0.15) is 0 Å². The average Bonchev–Trinajstić information content (AvgIpc) is 2.87. The van der Waals surface area contributed by atoms with Crippen molar-refractivity contribution in [1.82, 2.24) is 0 Å². The minimum absolute atomic E-state index is 0.227. The van der Waals surface area contributed by atoms with Crippen LogP contribution in [0.2, 0.25) is 0 Å². The lowest BCUT2D eigenvalue weighted by atomic mass is 9.74. The third-order valence-electron chi connectivity index (χ3n) is 4.74. The minimum Gasteiger partial charge on any atom is -0.404 e. The summed E-state index contributed by atoms with van der Waals surface area (Å²) in [5, 5.41) is 0. The van der Waals surface area contributed by atoms with Gasteiger partial charge in [-0.05, 0) is 52.5 Å². The van der Waals surface area contributed by atoms with Crippen molar-refractivity contribution in [1.29, 1.82) is 0 Å². The maximum absolute atomic E-state index is 6.06. The fraction of sp³-hybridized carbons (Fsp3) is 0.625. The lowest BCUT2D eigenvalue weighted by Crippen LogP contribution is -2.41. The van der Waals surface area contributed by atoms with Crippen molar-refractivity contribution < 1.29 is 18.6 Å². The van der Waals surface area contributed by atoms with Crippen LogP contribution in [0.25, 0.3) is 0 Å². The quantitative estimate of drug-likeness (QED) is 0.776. The normalized spacial score (nSPS) is 25.7. The fourth-order valence-electron chi connectivity index (χ4n) is 2.59. The van der Waals surface area contributed by atoms with Gasteiger partial charge in [0, 0.05) is 0 Å². The lowest BCUT2D eigenvalue weighted by Gasteiger charge is -2.32. The molecule has 2 aliphatic rings. The molecule has 0 aromatic heterocycles. The number of benzene rings is 1. The van der Waals surface area contributed by atoms with Gasteiger partial charge in [0.25, 0.3) is 0 Å². The molecule has 0 radical (unpaired) electrons. The Morgan fingerprint density at radius 1 is 0.727 bits per heavy atom. The summed E-state index contributed by atoms with van der Waals surface area (Å²) in [6.45, 7) is 12.9. The van der Waals surface area contributed by atoms with Crippen LogP contribution in [0.5, 0.6) is 0 Å². The highest BCUT2D eigenvalue weighted by atomic mass is 16.7. The monoisotopic (exact) mass is 302 g/mol. The van der Waals surface area contributed by atoms with Crippen LogP contribution in [0.1, 0.15) is 41.5 Å². The third-order valence-corrected chi connectivity index (χ3v) is 4.74. The first kappa shape index (κ1) is 16.1. The zero-order chi connectivity index (χ0) is 16.2. The molecule has 1 aromatic rings. The van der Waals surface area contributed by atoms with Crippen molar-refractivity contribution in [2.24, 2.45) is 0 Å². The molecule has 0 N–H and O–H groups in total. The van der Waals surface area contributed by atoms with Crippen molar-refractivity contribution >= 4 is 25.2 Å². The number of rotatable bonds is 2. The zero-order valence-corrected chi connectivity index (χ0v) is 14.3. The summed E-state index contributed by atoms with van der Waals surface area (Å²) in [6.07, 6.45) is 0. The Hall–Kier alpha value is -0.810. The second kappa shape index (κ2) is 5.10. The average molecular weight is 302 g/mol. The van der Waals surface area contributed by atoms with E-state index in [9.17, 15) is 0 Å². The summed E-state index contributed by atoms with van der Waals surface area (Å²) in [7, 11) is -0.622. The van der Waals surface area contributed by atoms with Gasteiger partial charge in [0.05, 0.1) is 23.4 Å². The van der Waals surface area contributed by atoms with Gasteiger partial charge < -0.3 is 18.6 Å². The van der Waals surface area contributed by atoms with Crippen LogP contribution in [0.15, 0.2) is 24.3 Å². The predicted octanol–water partition coefficient (Wildman–Crippen LogP) is 1.51. The Kier molecular flexibility index (Phi) is 3.72. The molecule has 2 heterocycles. The maximum Gasteiger partial charge on any atom is 0.494 e. The second-order valence-electron chi connectivity index (χ2n) is 7.78. The molecule has 6 heteroatoms. The molecule has 2 saturated heterocycles. The maximum atomic E-state index is 6.06. The van der Waals surface area contributed by atoms with Gasteiger partial charge in [-0.25, -0.2) is 0 Å². The summed E-state index contributed by atoms with van der Waals surface area (Å²) in [6, 6.07) is 8.09. The van der Waals surface area contributed by atoms with Gasteiger partial charge in [0.1, 0.15) is 0 Å². The summed E-state index contributed by atoms with van der Waals surface area (Å²) in [4.78, 5) is 0. The highest BCUT2D eigenvalue weighted by Gasteiger charge is 2.51. The van der Waals surface area contributed by atoms with Gasteiger partial charge >= 0.3 is 14.2 Å². The summed E-state index contributed by atoms with van der Waals surface area (Å²) in [5.74, 6) is 0. The van der Waals surface area contributed by atoms with Crippen LogP contribution in [0.3, 0.4) is 0 Å². The van der Waals surface area contributed by atoms with Crippen molar-refractivity contribution in [3.63, 3.8) is 0 Å². The fourth-order valence-corrected chi connectivity index (χ4v) is 2.59. The molecule has 3 rings (SSSR count). The first-order valence-electron chi connectivity index (χ1n) is 7.85. The van der Waals surface area contributed by atoms with Gasteiger partial charge in [-0.15, -0.1) is 0 Å². The van der Waals surface area contributed by atoms with Crippen molar-refractivity contribution in [3.8, 4) is 0 Å². The molecule has 0 bridgehead atoms. The molecule has 0 spiro atoms. The van der Waals surface area contributed by atoms with Crippen molar-refractivity contribution in [2.45, 2.75) is 58.3 Å². The summed E-state index contributed by atoms with van der Waals surface area (Å²) in [5.41, 5.74) is 1.16. The third kappa shape index (κ3) is 2.85. The Labute approximate surface area is 133 Å². The van der Waals surface area contributed by atoms with E-state index in [1.54, 1.807) is 0 Å². The molecule has 0 atom stereocenters. The lowest BCUT2D eigenvalue weighted by molar-refractivity contribution is 0.00578. The van der Waals surface area contributed by atoms with E-state index in [2.05, 4.69) is 27.7 Å². The molecule has 2 fully saturated rings. The van der Waals surface area contributed by atoms with E-state index in [1.165, 1.54) is 0 Å². The molecule has 0 unspecified atom stereocenters. The molecular weight excluding hydrogens is 278 g/mol. The van der Waals surface area contributed by atoms with Crippen LogP contribution in [0, 0.1) is 0 Å². The first-order valence-corrected chi connectivity index (χ1v) is 7.85. The first-order chi connectivity index (χ1) is 10.1. The van der Waals surface area contributed by atoms with E-state index < -0.39 is 0 Å². The van der Waals surface area contributed by atoms with Crippen molar-refractivity contribution in [2.75, 3.05) is 6.61 Å². The molecular formula is C16H24B2O4. The Balaban J connectivity index is 1.73. The van der Waals surface area contributed by atoms with Gasteiger partial charge in [-0.1, -0.05) is 24.3 Å². The van der Waals surface area contributed by atoms with Crippen LogP contribution >= 0.6 is 0 Å². The highest BCUT2D eigenvalue weighted by molar-refractivity contribution is 6.64. The topological polar surface area (TPSA) is 36.9 Å². The van der Waals surface area contributed by atoms with Crippen LogP contribution in [0.4, 0.5) is 0 Å². The molecule has 22 heavy (non-hydrogen) atoms. The summed E-state index contributed by atoms with van der Waals surface area (Å²) >= 11 is 0. The Morgan fingerprint density at radius 3 is 1.59 bits per heavy atom. The predicted molar refractivity (Wildman–Crippen MR) is 88.7 cm³/mol. The smallest absolute Gasteiger partial charge is 0.404 e. The van der Waals surface area contributed by atoms with E-state index in [0.717, 1.165) is 10.9 Å². The van der Waals surface area contributed by atoms with Crippen LogP contribution < -0.4 is 10.9 Å². The van der Waals surface area contributed by atoms with Gasteiger partial charge in [0.2, 0.25) is 0 Å². The van der Waals surface area contributed by atoms with E-state index in [4.69, 9.17) is 18.6 Å². The molecule has 1 aromatic carbocycles. The number of hydrogen-bond donors (Lipinski definition) is 0. The Bertz CT molecular complexity index is 538. The zero-order valence-electron chi connectivity index (χ0n) is 14.3. The molecule has 118 valence electrons. The minimum atomic E-state index is -0.332. The standard InChI is InChI=1S/C16H24B2O4/c1-14(2)11-19-17(20-14)12-7-9-13(10-8-12)18-21-15(3,4)16(5,6)22-18/h7-10H,11H2,1-6H3. The van der Waals surface area contributed by atoms with Gasteiger partial charge in [-0.3, -0.25) is 0 Å². The molecule has 0 aliphatic carbocycles.